The molecular formula is C18H21N3OS. The molecule has 0 aliphatic carbocycles. The molecule has 1 N–H and O–H groups in total. The zero-order valence-electron chi connectivity index (χ0n) is 13.1. The highest BCUT2D eigenvalue weighted by atomic mass is 32.1. The van der Waals surface area contributed by atoms with Crippen LogP contribution in [0.5, 0.6) is 0 Å². The normalized spacial score (nSPS) is 24.0. The molecule has 4 rings (SSSR count). The van der Waals surface area contributed by atoms with E-state index in [0.29, 0.717) is 0 Å². The van der Waals surface area contributed by atoms with Gasteiger partial charge in [0.05, 0.1) is 5.92 Å². The van der Waals surface area contributed by atoms with Crippen molar-refractivity contribution in [3.8, 4) is 0 Å². The molecule has 0 bridgehead atoms. The SMILES string of the molecule is O=C1NC2(CCN(Cc3cccs3)CC2)CC1c1cccnc1. The second-order valence-corrected chi connectivity index (χ2v) is 7.70. The van der Waals surface area contributed by atoms with E-state index in [1.807, 2.05) is 29.7 Å². The van der Waals surface area contributed by atoms with Crippen molar-refractivity contribution >= 4 is 17.2 Å². The Bertz CT molecular complexity index is 663. The quantitative estimate of drug-likeness (QED) is 0.943. The summed E-state index contributed by atoms with van der Waals surface area (Å²) in [5, 5.41) is 5.44. The van der Waals surface area contributed by atoms with E-state index in [0.717, 1.165) is 44.5 Å². The second-order valence-electron chi connectivity index (χ2n) is 6.67. The Morgan fingerprint density at radius 3 is 2.87 bits per heavy atom. The van der Waals surface area contributed by atoms with Gasteiger partial charge in [-0.25, -0.2) is 0 Å². The summed E-state index contributed by atoms with van der Waals surface area (Å²) in [5.74, 6) is 0.136. The third kappa shape index (κ3) is 3.03. The van der Waals surface area contributed by atoms with Crippen LogP contribution in [0.2, 0.25) is 0 Å². The second kappa shape index (κ2) is 6.06. The monoisotopic (exact) mass is 327 g/mol. The van der Waals surface area contributed by atoms with Crippen molar-refractivity contribution in [2.75, 3.05) is 13.1 Å². The van der Waals surface area contributed by atoms with E-state index in [4.69, 9.17) is 0 Å². The maximum atomic E-state index is 12.4. The van der Waals surface area contributed by atoms with Crippen LogP contribution in [0.3, 0.4) is 0 Å². The first-order valence-corrected chi connectivity index (χ1v) is 9.09. The molecule has 1 unspecified atom stereocenters. The first-order valence-electron chi connectivity index (χ1n) is 8.21. The predicted octanol–water partition coefficient (Wildman–Crippen LogP) is 2.78. The number of likely N-dealkylation sites (tertiary alicyclic amines) is 1. The summed E-state index contributed by atoms with van der Waals surface area (Å²) in [6.07, 6.45) is 6.58. The molecule has 5 heteroatoms. The van der Waals surface area contributed by atoms with Crippen molar-refractivity contribution in [2.24, 2.45) is 0 Å². The van der Waals surface area contributed by atoms with Crippen LogP contribution >= 0.6 is 11.3 Å². The highest BCUT2D eigenvalue weighted by Gasteiger charge is 2.46. The molecule has 2 saturated heterocycles. The van der Waals surface area contributed by atoms with E-state index >= 15 is 0 Å². The van der Waals surface area contributed by atoms with Crippen LogP contribution in [-0.2, 0) is 11.3 Å². The fourth-order valence-corrected chi connectivity index (χ4v) is 4.57. The van der Waals surface area contributed by atoms with Gasteiger partial charge in [-0.15, -0.1) is 11.3 Å². The Balaban J connectivity index is 1.40. The Labute approximate surface area is 140 Å². The van der Waals surface area contributed by atoms with Gasteiger partial charge in [0.25, 0.3) is 0 Å². The average Bonchev–Trinajstić information content (AvgIpc) is 3.19. The van der Waals surface area contributed by atoms with E-state index in [-0.39, 0.29) is 17.4 Å². The van der Waals surface area contributed by atoms with E-state index in [9.17, 15) is 4.79 Å². The number of hydrogen-bond acceptors (Lipinski definition) is 4. The average molecular weight is 327 g/mol. The number of amides is 1. The number of carbonyl (C=O) groups is 1. The number of nitrogens with one attached hydrogen (secondary N) is 1. The zero-order chi connectivity index (χ0) is 15.7. The number of thiophene rings is 1. The third-order valence-electron chi connectivity index (χ3n) is 5.16. The molecular weight excluding hydrogens is 306 g/mol. The molecule has 23 heavy (non-hydrogen) atoms. The lowest BCUT2D eigenvalue weighted by molar-refractivity contribution is -0.121. The van der Waals surface area contributed by atoms with E-state index < -0.39 is 0 Å². The molecule has 1 amide bonds. The van der Waals surface area contributed by atoms with E-state index in [1.54, 1.807) is 6.20 Å². The summed E-state index contributed by atoms with van der Waals surface area (Å²) < 4.78 is 0. The lowest BCUT2D eigenvalue weighted by Gasteiger charge is -2.39. The first kappa shape index (κ1) is 14.8. The van der Waals surface area contributed by atoms with Crippen LogP contribution in [0.25, 0.3) is 0 Å². The van der Waals surface area contributed by atoms with Gasteiger partial charge in [0.15, 0.2) is 0 Å². The molecule has 2 aliphatic rings. The van der Waals surface area contributed by atoms with Crippen LogP contribution in [0.1, 0.15) is 35.6 Å². The maximum Gasteiger partial charge on any atom is 0.228 e. The number of pyridine rings is 1. The fourth-order valence-electron chi connectivity index (χ4n) is 3.83. The van der Waals surface area contributed by atoms with Gasteiger partial charge in [-0.2, -0.15) is 0 Å². The van der Waals surface area contributed by atoms with Crippen LogP contribution in [-0.4, -0.2) is 34.4 Å². The van der Waals surface area contributed by atoms with Crippen LogP contribution < -0.4 is 5.32 Å². The molecule has 2 aliphatic heterocycles. The van der Waals surface area contributed by atoms with Crippen molar-refractivity contribution in [2.45, 2.75) is 37.3 Å². The minimum atomic E-state index is -0.0347. The molecule has 2 aromatic heterocycles. The Kier molecular flexibility index (Phi) is 3.91. The van der Waals surface area contributed by atoms with Gasteiger partial charge < -0.3 is 5.32 Å². The van der Waals surface area contributed by atoms with E-state index in [2.05, 4.69) is 32.7 Å². The Morgan fingerprint density at radius 1 is 1.30 bits per heavy atom. The van der Waals surface area contributed by atoms with Crippen molar-refractivity contribution < 1.29 is 4.79 Å². The molecule has 2 fully saturated rings. The largest absolute Gasteiger partial charge is 0.350 e. The minimum absolute atomic E-state index is 0.0104. The van der Waals surface area contributed by atoms with Crippen molar-refractivity contribution in [1.29, 1.82) is 0 Å². The van der Waals surface area contributed by atoms with Gasteiger partial charge in [0.1, 0.15) is 0 Å². The van der Waals surface area contributed by atoms with E-state index in [1.165, 1.54) is 4.88 Å². The number of hydrogen-bond donors (Lipinski definition) is 1. The van der Waals surface area contributed by atoms with Gasteiger partial charge in [0.2, 0.25) is 5.91 Å². The number of piperidine rings is 1. The highest BCUT2D eigenvalue weighted by molar-refractivity contribution is 7.09. The molecule has 2 aromatic rings. The van der Waals surface area contributed by atoms with Gasteiger partial charge in [-0.05, 0) is 42.3 Å². The molecule has 4 nitrogen and oxygen atoms in total. The topological polar surface area (TPSA) is 45.2 Å². The fraction of sp³-hybridized carbons (Fsp3) is 0.444. The minimum Gasteiger partial charge on any atom is -0.350 e. The lowest BCUT2D eigenvalue weighted by atomic mass is 9.82. The van der Waals surface area contributed by atoms with Gasteiger partial charge >= 0.3 is 0 Å². The summed E-state index contributed by atoms with van der Waals surface area (Å²) in [7, 11) is 0. The molecule has 0 aromatic carbocycles. The standard InChI is InChI=1S/C18H21N3OS/c22-17-16(14-3-1-7-19-12-14)11-18(20-17)5-8-21(9-6-18)13-15-4-2-10-23-15/h1-4,7,10,12,16H,5-6,8-9,11,13H2,(H,20,22). The molecule has 0 saturated carbocycles. The first-order chi connectivity index (χ1) is 11.2. The molecule has 120 valence electrons. The lowest BCUT2D eigenvalue weighted by Crippen LogP contribution is -2.50. The molecule has 1 atom stereocenters. The van der Waals surface area contributed by atoms with Gasteiger partial charge in [0, 0.05) is 42.4 Å². The molecule has 0 radical (unpaired) electrons. The van der Waals surface area contributed by atoms with Gasteiger partial charge in [-0.1, -0.05) is 12.1 Å². The van der Waals surface area contributed by atoms with Crippen LogP contribution in [0, 0.1) is 0 Å². The van der Waals surface area contributed by atoms with Crippen molar-refractivity contribution in [3.05, 3.63) is 52.5 Å². The Morgan fingerprint density at radius 2 is 2.17 bits per heavy atom. The maximum absolute atomic E-state index is 12.4. The van der Waals surface area contributed by atoms with Gasteiger partial charge in [-0.3, -0.25) is 14.7 Å². The number of rotatable bonds is 3. The summed E-state index contributed by atoms with van der Waals surface area (Å²) in [5.41, 5.74) is 1.03. The number of carbonyl (C=O) groups excluding carboxylic acids is 1. The van der Waals surface area contributed by atoms with Crippen LogP contribution in [0.4, 0.5) is 0 Å². The number of aromatic nitrogens is 1. The zero-order valence-corrected chi connectivity index (χ0v) is 13.9. The smallest absolute Gasteiger partial charge is 0.228 e. The third-order valence-corrected chi connectivity index (χ3v) is 6.02. The molecule has 4 heterocycles. The summed E-state index contributed by atoms with van der Waals surface area (Å²) in [6.45, 7) is 3.14. The highest BCUT2D eigenvalue weighted by Crippen LogP contribution is 2.39. The number of nitrogens with zero attached hydrogens (tertiary/aromatic N) is 2. The van der Waals surface area contributed by atoms with Crippen molar-refractivity contribution in [1.82, 2.24) is 15.2 Å². The summed E-state index contributed by atoms with van der Waals surface area (Å²) >= 11 is 1.82. The van der Waals surface area contributed by atoms with Crippen LogP contribution in [0.15, 0.2) is 42.0 Å². The molecule has 1 spiro atoms. The summed E-state index contributed by atoms with van der Waals surface area (Å²) in [4.78, 5) is 20.5. The summed E-state index contributed by atoms with van der Waals surface area (Å²) in [6, 6.07) is 8.24. The predicted molar refractivity (Wildman–Crippen MR) is 91.3 cm³/mol. The van der Waals surface area contributed by atoms with Crippen molar-refractivity contribution in [3.63, 3.8) is 0 Å². The Hall–Kier alpha value is -1.72.